The molecule has 0 aliphatic rings. The van der Waals surface area contributed by atoms with Gasteiger partial charge in [-0.25, -0.2) is 0 Å². The number of para-hydroxylation sites is 1. The highest BCUT2D eigenvalue weighted by molar-refractivity contribution is 6.42. The summed E-state index contributed by atoms with van der Waals surface area (Å²) in [5.41, 5.74) is 10.0. The van der Waals surface area contributed by atoms with Crippen molar-refractivity contribution in [2.45, 2.75) is 0 Å². The first-order chi connectivity index (χ1) is 11.6. The molecule has 0 aliphatic heterocycles. The molecule has 0 saturated heterocycles. The van der Waals surface area contributed by atoms with Gasteiger partial charge in [-0.2, -0.15) is 4.57 Å². The first-order valence-electron chi connectivity index (χ1n) is 7.61. The quantitative estimate of drug-likeness (QED) is 0.283. The van der Waals surface area contributed by atoms with Crippen LogP contribution in [0.2, 0.25) is 10.0 Å². The predicted molar refractivity (Wildman–Crippen MR) is 110 cm³/mol. The fourth-order valence-corrected chi connectivity index (χ4v) is 3.58. The molecule has 1 heterocycles. The third-order valence-corrected chi connectivity index (χ3v) is 5.12. The van der Waals surface area contributed by atoms with Crippen molar-refractivity contribution in [2.24, 2.45) is 7.05 Å². The molecule has 2 nitrogen and oxygen atoms in total. The van der Waals surface area contributed by atoms with Crippen molar-refractivity contribution in [3.8, 4) is 11.3 Å². The summed E-state index contributed by atoms with van der Waals surface area (Å²) in [6, 6.07) is 20.1. The Morgan fingerprint density at radius 2 is 1.54 bits per heavy atom. The number of nitrogens with two attached hydrogens (primary N) is 1. The van der Waals surface area contributed by atoms with Crippen molar-refractivity contribution >= 4 is 63.0 Å². The van der Waals surface area contributed by atoms with Gasteiger partial charge in [-0.3, -0.25) is 0 Å². The molecular weight excluding hydrogens is 410 g/mol. The molecule has 0 spiro atoms. The van der Waals surface area contributed by atoms with E-state index in [4.69, 9.17) is 28.9 Å². The third-order valence-electron chi connectivity index (χ3n) is 4.38. The van der Waals surface area contributed by atoms with Gasteiger partial charge in [0, 0.05) is 22.7 Å². The number of nitrogens with zero attached hydrogens (tertiary/aromatic N) is 1. The lowest BCUT2D eigenvalue weighted by atomic mass is 9.99. The van der Waals surface area contributed by atoms with Crippen molar-refractivity contribution in [3.63, 3.8) is 0 Å². The molecule has 1 aromatic heterocycles. The highest BCUT2D eigenvalue weighted by atomic mass is 35.5. The third kappa shape index (κ3) is 3.30. The standard InChI is InChI=1S/C20H15Cl2N2.2ClH/c1-24-19-5-3-2-4-15(19)14-8-7-13(23)11-16(14)20(24)12-6-9-17(21)18(22)10-12;;/h2-11H,23H2,1H3;2*1H/q+1;;/p-1. The van der Waals surface area contributed by atoms with E-state index in [1.54, 1.807) is 0 Å². The molecule has 0 unspecified atom stereocenters. The monoisotopic (exact) mass is 424 g/mol. The summed E-state index contributed by atoms with van der Waals surface area (Å²) in [7, 11) is 2.06. The first-order valence-corrected chi connectivity index (χ1v) is 8.37. The number of nitrogen functional groups attached to an aromatic ring is 1. The Labute approximate surface area is 174 Å². The zero-order valence-electron chi connectivity index (χ0n) is 13.8. The highest BCUT2D eigenvalue weighted by Crippen LogP contribution is 2.34. The van der Waals surface area contributed by atoms with Crippen molar-refractivity contribution < 1.29 is 17.0 Å². The van der Waals surface area contributed by atoms with Crippen LogP contribution in [0.3, 0.4) is 0 Å². The van der Waals surface area contributed by atoms with Crippen LogP contribution in [0, 0.1) is 0 Å². The maximum absolute atomic E-state index is 6.25. The van der Waals surface area contributed by atoms with Crippen LogP contribution in [0.1, 0.15) is 0 Å². The largest absolute Gasteiger partial charge is 1.00 e. The molecule has 4 aromatic rings. The van der Waals surface area contributed by atoms with Gasteiger partial charge in [0.25, 0.3) is 0 Å². The van der Waals surface area contributed by atoms with Gasteiger partial charge in [0.2, 0.25) is 11.2 Å². The van der Waals surface area contributed by atoms with Crippen LogP contribution in [0.15, 0.2) is 60.7 Å². The molecule has 26 heavy (non-hydrogen) atoms. The van der Waals surface area contributed by atoms with Gasteiger partial charge in [0.15, 0.2) is 0 Å². The van der Waals surface area contributed by atoms with Gasteiger partial charge in [0.1, 0.15) is 7.05 Å². The second-order valence-electron chi connectivity index (χ2n) is 5.86. The molecule has 0 atom stereocenters. The number of hydrogen-bond acceptors (Lipinski definition) is 1. The van der Waals surface area contributed by atoms with Gasteiger partial charge in [-0.15, -0.1) is 12.4 Å². The SMILES string of the molecule is C[n+]1c(-c2ccc(Cl)c(Cl)c2)c2cc(N)ccc2c2ccccc21.Cl.[Cl-]. The molecule has 0 radical (unpaired) electrons. The molecular formula is C20H16Cl4N2. The fraction of sp³-hybridized carbons (Fsp3) is 0.0500. The van der Waals surface area contributed by atoms with Crippen molar-refractivity contribution in [3.05, 3.63) is 70.7 Å². The Kier molecular flexibility index (Phi) is 6.25. The summed E-state index contributed by atoms with van der Waals surface area (Å²) in [5, 5.41) is 4.54. The molecule has 0 amide bonds. The average Bonchev–Trinajstić information content (AvgIpc) is 2.58. The summed E-state index contributed by atoms with van der Waals surface area (Å²) in [6.07, 6.45) is 0. The van der Waals surface area contributed by atoms with Gasteiger partial charge >= 0.3 is 0 Å². The van der Waals surface area contributed by atoms with E-state index in [9.17, 15) is 0 Å². The smallest absolute Gasteiger partial charge is 0.220 e. The Balaban J connectivity index is 0.00000121. The van der Waals surface area contributed by atoms with E-state index in [0.717, 1.165) is 27.8 Å². The summed E-state index contributed by atoms with van der Waals surface area (Å²) in [6.45, 7) is 0. The highest BCUT2D eigenvalue weighted by Gasteiger charge is 2.21. The number of benzene rings is 3. The number of rotatable bonds is 1. The molecule has 0 aliphatic carbocycles. The van der Waals surface area contributed by atoms with Gasteiger partial charge in [-0.05, 0) is 36.4 Å². The summed E-state index contributed by atoms with van der Waals surface area (Å²) < 4.78 is 2.18. The van der Waals surface area contributed by atoms with Gasteiger partial charge in [-0.1, -0.05) is 41.4 Å². The second kappa shape index (κ2) is 7.89. The molecule has 0 fully saturated rings. The number of aromatic nitrogens is 1. The molecule has 0 bridgehead atoms. The van der Waals surface area contributed by atoms with E-state index in [-0.39, 0.29) is 24.8 Å². The normalized spacial score (nSPS) is 10.4. The number of hydrogen-bond donors (Lipinski definition) is 1. The molecule has 3 aromatic carbocycles. The Morgan fingerprint density at radius 1 is 0.808 bits per heavy atom. The zero-order chi connectivity index (χ0) is 16.8. The van der Waals surface area contributed by atoms with Crippen LogP contribution in [-0.2, 0) is 7.05 Å². The van der Waals surface area contributed by atoms with Crippen molar-refractivity contribution in [1.82, 2.24) is 0 Å². The van der Waals surface area contributed by atoms with Crippen LogP contribution in [0.25, 0.3) is 32.9 Å². The van der Waals surface area contributed by atoms with E-state index >= 15 is 0 Å². The molecule has 6 heteroatoms. The van der Waals surface area contributed by atoms with Crippen molar-refractivity contribution in [2.75, 3.05) is 5.73 Å². The minimum Gasteiger partial charge on any atom is -1.00 e. The Morgan fingerprint density at radius 3 is 2.27 bits per heavy atom. The molecule has 134 valence electrons. The number of halogens is 4. The zero-order valence-corrected chi connectivity index (χ0v) is 16.9. The number of pyridine rings is 1. The van der Waals surface area contributed by atoms with E-state index in [0.29, 0.717) is 10.0 Å². The number of anilines is 1. The second-order valence-corrected chi connectivity index (χ2v) is 6.67. The van der Waals surface area contributed by atoms with Gasteiger partial charge in [0.05, 0.1) is 20.8 Å². The lowest BCUT2D eigenvalue weighted by molar-refractivity contribution is -0.632. The van der Waals surface area contributed by atoms with E-state index in [1.807, 2.05) is 36.4 Å². The van der Waals surface area contributed by atoms with Crippen LogP contribution in [-0.4, -0.2) is 0 Å². The van der Waals surface area contributed by atoms with E-state index in [1.165, 1.54) is 10.8 Å². The Hall–Kier alpha value is -1.71. The molecule has 0 saturated carbocycles. The van der Waals surface area contributed by atoms with Crippen molar-refractivity contribution in [1.29, 1.82) is 0 Å². The predicted octanol–water partition coefficient (Wildman–Crippen LogP) is 2.80. The lowest BCUT2D eigenvalue weighted by Gasteiger charge is -2.10. The summed E-state index contributed by atoms with van der Waals surface area (Å²) >= 11 is 12.3. The Bertz CT molecular complexity index is 1110. The summed E-state index contributed by atoms with van der Waals surface area (Å²) in [5.74, 6) is 0. The van der Waals surface area contributed by atoms with E-state index < -0.39 is 0 Å². The molecule has 4 rings (SSSR count). The van der Waals surface area contributed by atoms with Crippen LogP contribution >= 0.6 is 35.6 Å². The summed E-state index contributed by atoms with van der Waals surface area (Å²) in [4.78, 5) is 0. The minimum atomic E-state index is 0. The van der Waals surface area contributed by atoms with Crippen LogP contribution < -0.4 is 22.7 Å². The average molecular weight is 426 g/mol. The fourth-order valence-electron chi connectivity index (χ4n) is 3.28. The minimum absolute atomic E-state index is 0. The number of fused-ring (bicyclic) bond motifs is 3. The maximum Gasteiger partial charge on any atom is 0.220 e. The topological polar surface area (TPSA) is 29.9 Å². The van der Waals surface area contributed by atoms with Gasteiger partial charge < -0.3 is 18.1 Å². The van der Waals surface area contributed by atoms with Crippen LogP contribution in [0.5, 0.6) is 0 Å². The van der Waals surface area contributed by atoms with Crippen LogP contribution in [0.4, 0.5) is 5.69 Å². The van der Waals surface area contributed by atoms with E-state index in [2.05, 4.69) is 35.9 Å². The first kappa shape index (κ1) is 20.6. The maximum atomic E-state index is 6.25. The lowest BCUT2D eigenvalue weighted by Crippen LogP contribution is -3.00. The molecule has 2 N–H and O–H groups in total. The number of aryl methyl sites for hydroxylation is 1.